The summed E-state index contributed by atoms with van der Waals surface area (Å²) in [7, 11) is 0. The van der Waals surface area contributed by atoms with Crippen LogP contribution in [0.2, 0.25) is 0 Å². The Balaban J connectivity index is 1.27. The Morgan fingerprint density at radius 1 is 0.935 bits per heavy atom. The Kier molecular flexibility index (Phi) is 8.31. The number of nitrogens with zero attached hydrogens (tertiary/aromatic N) is 2. The van der Waals surface area contributed by atoms with E-state index >= 15 is 0 Å². The highest BCUT2D eigenvalue weighted by Gasteiger charge is 2.30. The molecule has 2 aromatic rings. The maximum absolute atomic E-state index is 12.7. The van der Waals surface area contributed by atoms with Crippen LogP contribution < -0.4 is 10.6 Å². The van der Waals surface area contributed by atoms with Crippen LogP contribution in [0.3, 0.4) is 0 Å². The number of alkyl halides is 3. The van der Waals surface area contributed by atoms with Gasteiger partial charge in [-0.1, -0.05) is 36.4 Å². The quantitative estimate of drug-likeness (QED) is 0.594. The average Bonchev–Trinajstić information content (AvgIpc) is 2.77. The molecule has 0 aromatic heterocycles. The molecule has 3 rings (SSSR count). The van der Waals surface area contributed by atoms with E-state index in [9.17, 15) is 18.0 Å². The highest BCUT2D eigenvalue weighted by Crippen LogP contribution is 2.30. The molecule has 0 atom stereocenters. The molecule has 1 aliphatic heterocycles. The van der Waals surface area contributed by atoms with Gasteiger partial charge < -0.3 is 15.5 Å². The molecule has 0 saturated carbocycles. The summed E-state index contributed by atoms with van der Waals surface area (Å²) < 4.78 is 38.2. The summed E-state index contributed by atoms with van der Waals surface area (Å²) in [4.78, 5) is 16.8. The number of carbonyl (C=O) groups is 1. The second-order valence-electron chi connectivity index (χ2n) is 7.74. The third-order valence-corrected chi connectivity index (χ3v) is 5.33. The second-order valence-corrected chi connectivity index (χ2v) is 7.74. The lowest BCUT2D eigenvalue weighted by Crippen LogP contribution is -2.46. The predicted molar refractivity (Wildman–Crippen MR) is 116 cm³/mol. The highest BCUT2D eigenvalue weighted by atomic mass is 19.4. The van der Waals surface area contributed by atoms with Gasteiger partial charge in [-0.25, -0.2) is 0 Å². The first kappa shape index (κ1) is 23.1. The van der Waals surface area contributed by atoms with E-state index in [2.05, 4.69) is 44.7 Å². The maximum atomic E-state index is 12.7. The van der Waals surface area contributed by atoms with Gasteiger partial charge in [0.05, 0.1) is 12.1 Å². The number of rotatable bonds is 9. The minimum absolute atomic E-state index is 0.0561. The van der Waals surface area contributed by atoms with Gasteiger partial charge in [0.15, 0.2) is 0 Å². The zero-order chi connectivity index (χ0) is 22.1. The Hall–Kier alpha value is -2.58. The monoisotopic (exact) mass is 434 g/mol. The first-order valence-corrected chi connectivity index (χ1v) is 10.6. The number of nitrogens with one attached hydrogen (secondary N) is 2. The predicted octanol–water partition coefficient (Wildman–Crippen LogP) is 3.44. The number of halogens is 3. The van der Waals surface area contributed by atoms with Crippen molar-refractivity contribution in [3.63, 3.8) is 0 Å². The number of amides is 1. The fraction of sp³-hybridized carbons (Fsp3) is 0.435. The van der Waals surface area contributed by atoms with Crippen LogP contribution in [0.1, 0.15) is 17.5 Å². The molecule has 2 N–H and O–H groups in total. The topological polar surface area (TPSA) is 47.6 Å². The maximum Gasteiger partial charge on any atom is 0.416 e. The van der Waals surface area contributed by atoms with E-state index in [1.807, 2.05) is 6.07 Å². The van der Waals surface area contributed by atoms with Crippen molar-refractivity contribution in [1.82, 2.24) is 15.1 Å². The third-order valence-electron chi connectivity index (χ3n) is 5.33. The molecule has 5 nitrogen and oxygen atoms in total. The Morgan fingerprint density at radius 3 is 2.35 bits per heavy atom. The molecular formula is C23H29F3N4O. The van der Waals surface area contributed by atoms with Gasteiger partial charge in [-0.05, 0) is 36.7 Å². The standard InChI is InChI=1S/C23H29F3N4O/c24-23(25,26)20-8-4-9-21(16-20)28-17-22(31)27-10-5-11-29-12-14-30(15-13-29)18-19-6-2-1-3-7-19/h1-4,6-9,16,28H,5,10-15,17-18H2,(H,27,31). The highest BCUT2D eigenvalue weighted by molar-refractivity contribution is 5.80. The Labute approximate surface area is 181 Å². The number of piperazine rings is 1. The molecule has 0 bridgehead atoms. The van der Waals surface area contributed by atoms with Crippen molar-refractivity contribution in [2.45, 2.75) is 19.1 Å². The first-order valence-electron chi connectivity index (χ1n) is 10.6. The van der Waals surface area contributed by atoms with Crippen LogP contribution in [-0.2, 0) is 17.5 Å². The Bertz CT molecular complexity index is 821. The van der Waals surface area contributed by atoms with Crippen LogP contribution in [0.5, 0.6) is 0 Å². The van der Waals surface area contributed by atoms with Crippen LogP contribution >= 0.6 is 0 Å². The lowest BCUT2D eigenvalue weighted by molar-refractivity contribution is -0.137. The van der Waals surface area contributed by atoms with Gasteiger partial charge in [-0.3, -0.25) is 9.69 Å². The van der Waals surface area contributed by atoms with Crippen molar-refractivity contribution in [2.75, 3.05) is 51.1 Å². The number of anilines is 1. The van der Waals surface area contributed by atoms with Gasteiger partial charge in [0.25, 0.3) is 0 Å². The molecular weight excluding hydrogens is 405 g/mol. The van der Waals surface area contributed by atoms with Crippen LogP contribution in [0, 0.1) is 0 Å². The summed E-state index contributed by atoms with van der Waals surface area (Å²) in [6, 6.07) is 15.3. The molecule has 1 fully saturated rings. The van der Waals surface area contributed by atoms with Gasteiger partial charge in [0.2, 0.25) is 5.91 Å². The molecule has 31 heavy (non-hydrogen) atoms. The van der Waals surface area contributed by atoms with Crippen molar-refractivity contribution < 1.29 is 18.0 Å². The molecule has 1 aliphatic rings. The molecule has 1 saturated heterocycles. The number of carbonyl (C=O) groups excluding carboxylic acids is 1. The zero-order valence-corrected chi connectivity index (χ0v) is 17.5. The third kappa shape index (κ3) is 7.88. The van der Waals surface area contributed by atoms with Crippen LogP contribution in [0.4, 0.5) is 18.9 Å². The number of hydrogen-bond donors (Lipinski definition) is 2. The van der Waals surface area contributed by atoms with E-state index in [4.69, 9.17) is 0 Å². The molecule has 1 amide bonds. The summed E-state index contributed by atoms with van der Waals surface area (Å²) in [6.45, 7) is 6.47. The second kappa shape index (κ2) is 11.2. The van der Waals surface area contributed by atoms with Gasteiger partial charge in [0, 0.05) is 45.0 Å². The Morgan fingerprint density at radius 2 is 1.65 bits per heavy atom. The zero-order valence-electron chi connectivity index (χ0n) is 17.5. The normalized spacial score (nSPS) is 15.6. The minimum atomic E-state index is -4.40. The van der Waals surface area contributed by atoms with E-state index in [0.29, 0.717) is 6.54 Å². The summed E-state index contributed by atoms with van der Waals surface area (Å²) in [6.07, 6.45) is -3.55. The van der Waals surface area contributed by atoms with Crippen LogP contribution in [0.25, 0.3) is 0 Å². The van der Waals surface area contributed by atoms with E-state index < -0.39 is 11.7 Å². The van der Waals surface area contributed by atoms with Crippen LogP contribution in [-0.4, -0.2) is 61.5 Å². The summed E-state index contributed by atoms with van der Waals surface area (Å²) >= 11 is 0. The number of hydrogen-bond acceptors (Lipinski definition) is 4. The van der Waals surface area contributed by atoms with Gasteiger partial charge in [-0.15, -0.1) is 0 Å². The fourth-order valence-corrected chi connectivity index (χ4v) is 3.59. The first-order chi connectivity index (χ1) is 14.9. The molecule has 0 unspecified atom stereocenters. The fourth-order valence-electron chi connectivity index (χ4n) is 3.59. The summed E-state index contributed by atoms with van der Waals surface area (Å²) in [5.41, 5.74) is 0.873. The van der Waals surface area contributed by atoms with E-state index in [-0.39, 0.29) is 18.1 Å². The summed E-state index contributed by atoms with van der Waals surface area (Å²) in [5, 5.41) is 5.56. The molecule has 0 aliphatic carbocycles. The largest absolute Gasteiger partial charge is 0.416 e. The van der Waals surface area contributed by atoms with Gasteiger partial charge >= 0.3 is 6.18 Å². The van der Waals surface area contributed by atoms with Crippen LogP contribution in [0.15, 0.2) is 54.6 Å². The molecule has 8 heteroatoms. The minimum Gasteiger partial charge on any atom is -0.376 e. The van der Waals surface area contributed by atoms with Gasteiger partial charge in [0.1, 0.15) is 0 Å². The van der Waals surface area contributed by atoms with E-state index in [0.717, 1.165) is 57.8 Å². The lowest BCUT2D eigenvalue weighted by atomic mass is 10.2. The SMILES string of the molecule is O=C(CNc1cccc(C(F)(F)F)c1)NCCCN1CCN(Cc2ccccc2)CC1. The molecule has 2 aromatic carbocycles. The average molecular weight is 435 g/mol. The van der Waals surface area contributed by atoms with E-state index in [1.165, 1.54) is 17.7 Å². The molecule has 168 valence electrons. The van der Waals surface area contributed by atoms with E-state index in [1.54, 1.807) is 0 Å². The van der Waals surface area contributed by atoms with Crippen molar-refractivity contribution in [3.05, 3.63) is 65.7 Å². The van der Waals surface area contributed by atoms with Gasteiger partial charge in [-0.2, -0.15) is 13.2 Å². The van der Waals surface area contributed by atoms with Crippen molar-refractivity contribution in [3.8, 4) is 0 Å². The lowest BCUT2D eigenvalue weighted by Gasteiger charge is -2.34. The van der Waals surface area contributed by atoms with Crippen molar-refractivity contribution in [1.29, 1.82) is 0 Å². The van der Waals surface area contributed by atoms with Crippen molar-refractivity contribution in [2.24, 2.45) is 0 Å². The summed E-state index contributed by atoms with van der Waals surface area (Å²) in [5.74, 6) is -0.231. The van der Waals surface area contributed by atoms with Crippen molar-refractivity contribution >= 4 is 11.6 Å². The molecule has 1 heterocycles. The molecule has 0 spiro atoms. The molecule has 0 radical (unpaired) electrons. The smallest absolute Gasteiger partial charge is 0.376 e. The number of benzene rings is 2.